The average molecular weight is 252 g/mol. The molecule has 17 heavy (non-hydrogen) atoms. The lowest BCUT2D eigenvalue weighted by atomic mass is 9.71. The highest BCUT2D eigenvalue weighted by atomic mass is 32.1. The number of nitrogens with zero attached hydrogens (tertiary/aromatic N) is 2. The van der Waals surface area contributed by atoms with Gasteiger partial charge in [0.2, 0.25) is 0 Å². The Balaban J connectivity index is 1.63. The molecular weight excluding hydrogens is 232 g/mol. The fourth-order valence-electron chi connectivity index (χ4n) is 3.33. The SMILES string of the molecule is O[C@]12CCCC[C@H]1CN(Cc1cscn1)CC2. The van der Waals surface area contributed by atoms with Crippen LogP contribution in [0.4, 0.5) is 0 Å². The molecular formula is C13H20N2OS. The van der Waals surface area contributed by atoms with Crippen LogP contribution in [0.25, 0.3) is 0 Å². The van der Waals surface area contributed by atoms with E-state index in [1.165, 1.54) is 25.0 Å². The molecule has 1 aromatic heterocycles. The topological polar surface area (TPSA) is 36.4 Å². The highest BCUT2D eigenvalue weighted by Crippen LogP contribution is 2.39. The highest BCUT2D eigenvalue weighted by Gasteiger charge is 2.42. The van der Waals surface area contributed by atoms with Crippen LogP contribution in [-0.4, -0.2) is 33.7 Å². The molecule has 2 atom stereocenters. The fraction of sp³-hybridized carbons (Fsp3) is 0.769. The van der Waals surface area contributed by atoms with E-state index in [-0.39, 0.29) is 5.60 Å². The highest BCUT2D eigenvalue weighted by molar-refractivity contribution is 7.07. The van der Waals surface area contributed by atoms with Gasteiger partial charge in [0.1, 0.15) is 0 Å². The Bertz CT molecular complexity index is 368. The van der Waals surface area contributed by atoms with Crippen LogP contribution in [0.3, 0.4) is 0 Å². The van der Waals surface area contributed by atoms with Crippen LogP contribution in [0, 0.1) is 5.92 Å². The number of aliphatic hydroxyl groups is 1. The minimum Gasteiger partial charge on any atom is -0.390 e. The Morgan fingerprint density at radius 1 is 1.47 bits per heavy atom. The largest absolute Gasteiger partial charge is 0.390 e. The molecule has 0 amide bonds. The maximum Gasteiger partial charge on any atom is 0.0795 e. The van der Waals surface area contributed by atoms with Gasteiger partial charge < -0.3 is 5.11 Å². The molecule has 2 aliphatic rings. The van der Waals surface area contributed by atoms with Crippen LogP contribution in [-0.2, 0) is 6.54 Å². The van der Waals surface area contributed by atoms with Crippen molar-refractivity contribution >= 4 is 11.3 Å². The summed E-state index contributed by atoms with van der Waals surface area (Å²) >= 11 is 1.66. The number of hydrogen-bond donors (Lipinski definition) is 1. The molecule has 1 saturated heterocycles. The first kappa shape index (κ1) is 11.6. The zero-order chi connectivity index (χ0) is 11.7. The first-order valence-corrected chi connectivity index (χ1v) is 7.52. The molecule has 2 heterocycles. The molecule has 94 valence electrons. The monoisotopic (exact) mass is 252 g/mol. The van der Waals surface area contributed by atoms with Gasteiger partial charge in [-0.05, 0) is 19.3 Å². The molecule has 3 nitrogen and oxygen atoms in total. The summed E-state index contributed by atoms with van der Waals surface area (Å²) in [5.74, 6) is 0.489. The van der Waals surface area contributed by atoms with Gasteiger partial charge in [0, 0.05) is 30.9 Å². The Morgan fingerprint density at radius 2 is 2.41 bits per heavy atom. The predicted molar refractivity (Wildman–Crippen MR) is 68.9 cm³/mol. The number of hydrogen-bond acceptors (Lipinski definition) is 4. The van der Waals surface area contributed by atoms with Crippen LogP contribution >= 0.6 is 11.3 Å². The Kier molecular flexibility index (Phi) is 3.19. The van der Waals surface area contributed by atoms with Gasteiger partial charge in [0.05, 0.1) is 16.8 Å². The lowest BCUT2D eigenvalue weighted by molar-refractivity contribution is -0.0969. The summed E-state index contributed by atoms with van der Waals surface area (Å²) in [4.78, 5) is 6.80. The summed E-state index contributed by atoms with van der Waals surface area (Å²) in [7, 11) is 0. The van der Waals surface area contributed by atoms with Gasteiger partial charge in [0.15, 0.2) is 0 Å². The summed E-state index contributed by atoms with van der Waals surface area (Å²) in [5, 5.41) is 12.7. The fourth-order valence-corrected chi connectivity index (χ4v) is 3.88. The Hall–Kier alpha value is -0.450. The van der Waals surface area contributed by atoms with Gasteiger partial charge in [-0.1, -0.05) is 12.8 Å². The van der Waals surface area contributed by atoms with Crippen LogP contribution < -0.4 is 0 Å². The quantitative estimate of drug-likeness (QED) is 0.877. The molecule has 0 radical (unpaired) electrons. The summed E-state index contributed by atoms with van der Waals surface area (Å²) in [5.41, 5.74) is 2.73. The van der Waals surface area contributed by atoms with Gasteiger partial charge in [-0.25, -0.2) is 4.98 Å². The number of fused-ring (bicyclic) bond motifs is 1. The third-order valence-corrected chi connectivity index (χ3v) is 5.02. The van der Waals surface area contributed by atoms with E-state index in [9.17, 15) is 5.11 Å². The van der Waals surface area contributed by atoms with Crippen molar-refractivity contribution in [2.45, 2.75) is 44.2 Å². The van der Waals surface area contributed by atoms with Crippen LogP contribution in [0.1, 0.15) is 37.8 Å². The summed E-state index contributed by atoms with van der Waals surface area (Å²) in [6, 6.07) is 0. The summed E-state index contributed by atoms with van der Waals surface area (Å²) < 4.78 is 0. The molecule has 3 rings (SSSR count). The van der Waals surface area contributed by atoms with Crippen molar-refractivity contribution in [3.8, 4) is 0 Å². The van der Waals surface area contributed by atoms with E-state index in [0.717, 1.165) is 32.5 Å². The van der Waals surface area contributed by atoms with E-state index >= 15 is 0 Å². The molecule has 2 fully saturated rings. The smallest absolute Gasteiger partial charge is 0.0795 e. The number of piperidine rings is 1. The van der Waals surface area contributed by atoms with Crippen molar-refractivity contribution in [2.75, 3.05) is 13.1 Å². The van der Waals surface area contributed by atoms with Crippen molar-refractivity contribution < 1.29 is 5.11 Å². The second-order valence-corrected chi connectivity index (χ2v) is 6.23. The van der Waals surface area contributed by atoms with Gasteiger partial charge in [0.25, 0.3) is 0 Å². The molecule has 0 bridgehead atoms. The normalized spacial score (nSPS) is 34.5. The molecule has 1 aliphatic carbocycles. The van der Waals surface area contributed by atoms with Gasteiger partial charge in [-0.15, -0.1) is 11.3 Å². The molecule has 1 saturated carbocycles. The first-order valence-electron chi connectivity index (χ1n) is 6.58. The molecule has 1 aromatic rings. The van der Waals surface area contributed by atoms with Crippen molar-refractivity contribution in [2.24, 2.45) is 5.92 Å². The standard InChI is InChI=1S/C13H20N2OS/c16-13-4-2-1-3-11(13)7-15(6-5-13)8-12-9-17-10-14-12/h9-11,16H,1-8H2/t11-,13-/m0/s1. The summed E-state index contributed by atoms with van der Waals surface area (Å²) in [6.45, 7) is 3.02. The number of thiazole rings is 1. The molecule has 1 N–H and O–H groups in total. The van der Waals surface area contributed by atoms with Crippen molar-refractivity contribution in [3.05, 3.63) is 16.6 Å². The van der Waals surface area contributed by atoms with Crippen molar-refractivity contribution in [1.29, 1.82) is 0 Å². The Morgan fingerprint density at radius 3 is 3.24 bits per heavy atom. The van der Waals surface area contributed by atoms with E-state index in [0.29, 0.717) is 5.92 Å². The van der Waals surface area contributed by atoms with E-state index in [2.05, 4.69) is 15.3 Å². The van der Waals surface area contributed by atoms with Gasteiger partial charge in [-0.2, -0.15) is 0 Å². The Labute approximate surface area is 106 Å². The summed E-state index contributed by atoms with van der Waals surface area (Å²) in [6.07, 6.45) is 5.66. The zero-order valence-corrected chi connectivity index (χ0v) is 11.0. The molecule has 0 aromatic carbocycles. The van der Waals surface area contributed by atoms with E-state index in [1.807, 2.05) is 5.51 Å². The maximum absolute atomic E-state index is 10.6. The third kappa shape index (κ3) is 2.39. The lowest BCUT2D eigenvalue weighted by Gasteiger charge is -2.47. The molecule has 1 aliphatic heterocycles. The molecule has 0 spiro atoms. The van der Waals surface area contributed by atoms with Crippen LogP contribution in [0.5, 0.6) is 0 Å². The average Bonchev–Trinajstić information content (AvgIpc) is 2.82. The second-order valence-electron chi connectivity index (χ2n) is 5.51. The molecule has 0 unspecified atom stereocenters. The van der Waals surface area contributed by atoms with Gasteiger partial charge in [-0.3, -0.25) is 4.90 Å². The first-order chi connectivity index (χ1) is 8.26. The lowest BCUT2D eigenvalue weighted by Crippen LogP contribution is -2.52. The third-order valence-electron chi connectivity index (χ3n) is 4.38. The number of rotatable bonds is 2. The van der Waals surface area contributed by atoms with Crippen molar-refractivity contribution in [3.63, 3.8) is 0 Å². The van der Waals surface area contributed by atoms with E-state index < -0.39 is 0 Å². The van der Waals surface area contributed by atoms with E-state index in [4.69, 9.17) is 0 Å². The van der Waals surface area contributed by atoms with Crippen LogP contribution in [0.15, 0.2) is 10.9 Å². The number of likely N-dealkylation sites (tertiary alicyclic amines) is 1. The molecule has 4 heteroatoms. The minimum absolute atomic E-state index is 0.350. The maximum atomic E-state index is 10.6. The predicted octanol–water partition coefficient (Wildman–Crippen LogP) is 2.27. The zero-order valence-electron chi connectivity index (χ0n) is 10.1. The minimum atomic E-state index is -0.350. The van der Waals surface area contributed by atoms with Crippen molar-refractivity contribution in [1.82, 2.24) is 9.88 Å². The number of aromatic nitrogens is 1. The van der Waals surface area contributed by atoms with Crippen LogP contribution in [0.2, 0.25) is 0 Å². The second kappa shape index (κ2) is 4.67. The van der Waals surface area contributed by atoms with E-state index in [1.54, 1.807) is 11.3 Å². The van der Waals surface area contributed by atoms with Gasteiger partial charge >= 0.3 is 0 Å².